The molecule has 0 unspecified atom stereocenters. The van der Waals surface area contributed by atoms with E-state index in [1.165, 1.54) is 19.3 Å². The van der Waals surface area contributed by atoms with Crippen LogP contribution in [0.2, 0.25) is 0 Å². The summed E-state index contributed by atoms with van der Waals surface area (Å²) in [6.07, 6.45) is 7.43. The van der Waals surface area contributed by atoms with E-state index in [9.17, 15) is 0 Å². The number of hydrogen-bond donors (Lipinski definition) is 0. The fourth-order valence-corrected chi connectivity index (χ4v) is 3.70. The van der Waals surface area contributed by atoms with Crippen molar-refractivity contribution >= 4 is 11.8 Å². The van der Waals surface area contributed by atoms with Crippen molar-refractivity contribution in [2.24, 2.45) is 0 Å². The summed E-state index contributed by atoms with van der Waals surface area (Å²) in [7, 11) is 0. The van der Waals surface area contributed by atoms with Crippen LogP contribution in [0.4, 0.5) is 0 Å². The zero-order valence-electron chi connectivity index (χ0n) is 14.1. The highest BCUT2D eigenvalue weighted by Crippen LogP contribution is 2.32. The standard InChI is InChI=1S/C17H34O3S/c1-4-7-10-18-13-16-17(20-12-9-6-3)15(14-21-16)19-11-8-5-2/h15-17H,4-14H2,1-3H3/t15-,16-,17-/m1/s1. The van der Waals surface area contributed by atoms with Gasteiger partial charge in [-0.25, -0.2) is 0 Å². The van der Waals surface area contributed by atoms with E-state index in [4.69, 9.17) is 14.2 Å². The van der Waals surface area contributed by atoms with Crippen LogP contribution < -0.4 is 0 Å². The Kier molecular flexibility index (Phi) is 11.7. The third kappa shape index (κ3) is 7.87. The van der Waals surface area contributed by atoms with Crippen molar-refractivity contribution in [2.75, 3.05) is 32.2 Å². The molecule has 0 bridgehead atoms. The lowest BCUT2D eigenvalue weighted by Gasteiger charge is -2.24. The van der Waals surface area contributed by atoms with E-state index in [-0.39, 0.29) is 12.2 Å². The Hall–Kier alpha value is 0.230. The quantitative estimate of drug-likeness (QED) is 0.474. The predicted molar refractivity (Wildman–Crippen MR) is 91.3 cm³/mol. The van der Waals surface area contributed by atoms with Gasteiger partial charge in [-0.1, -0.05) is 40.0 Å². The Labute approximate surface area is 135 Å². The molecule has 0 radical (unpaired) electrons. The van der Waals surface area contributed by atoms with Crippen molar-refractivity contribution in [3.05, 3.63) is 0 Å². The molecule has 0 aromatic carbocycles. The molecule has 0 aromatic heterocycles. The maximum absolute atomic E-state index is 6.13. The van der Waals surface area contributed by atoms with E-state index in [1.807, 2.05) is 11.8 Å². The average Bonchev–Trinajstić information content (AvgIpc) is 2.87. The lowest BCUT2D eigenvalue weighted by Crippen LogP contribution is -2.37. The van der Waals surface area contributed by atoms with Gasteiger partial charge in [0, 0.05) is 25.6 Å². The van der Waals surface area contributed by atoms with Crippen LogP contribution in [0.1, 0.15) is 59.3 Å². The monoisotopic (exact) mass is 318 g/mol. The molecule has 1 aliphatic heterocycles. The summed E-state index contributed by atoms with van der Waals surface area (Å²) >= 11 is 1.96. The van der Waals surface area contributed by atoms with Crippen LogP contribution in [0.5, 0.6) is 0 Å². The maximum Gasteiger partial charge on any atom is 0.0985 e. The van der Waals surface area contributed by atoms with E-state index in [2.05, 4.69) is 20.8 Å². The molecule has 1 fully saturated rings. The molecule has 0 aromatic rings. The molecule has 1 aliphatic rings. The first-order chi connectivity index (χ1) is 10.3. The number of unbranched alkanes of at least 4 members (excludes halogenated alkanes) is 3. The molecule has 0 N–H and O–H groups in total. The Morgan fingerprint density at radius 1 is 0.857 bits per heavy atom. The van der Waals surface area contributed by atoms with Crippen molar-refractivity contribution in [1.82, 2.24) is 0 Å². The topological polar surface area (TPSA) is 27.7 Å². The second kappa shape index (κ2) is 12.7. The maximum atomic E-state index is 6.13. The lowest BCUT2D eigenvalue weighted by atomic mass is 10.1. The molecule has 1 rings (SSSR count). The van der Waals surface area contributed by atoms with Crippen LogP contribution in [-0.4, -0.2) is 49.6 Å². The third-order valence-corrected chi connectivity index (χ3v) is 5.12. The number of rotatable bonds is 13. The van der Waals surface area contributed by atoms with Gasteiger partial charge in [0.25, 0.3) is 0 Å². The smallest absolute Gasteiger partial charge is 0.0985 e. The van der Waals surface area contributed by atoms with Gasteiger partial charge in [0.05, 0.1) is 24.1 Å². The summed E-state index contributed by atoms with van der Waals surface area (Å²) in [5.41, 5.74) is 0. The average molecular weight is 319 g/mol. The highest BCUT2D eigenvalue weighted by atomic mass is 32.2. The number of hydrogen-bond acceptors (Lipinski definition) is 4. The molecule has 21 heavy (non-hydrogen) atoms. The number of thioether (sulfide) groups is 1. The minimum absolute atomic E-state index is 0.208. The van der Waals surface area contributed by atoms with Crippen LogP contribution in [0.15, 0.2) is 0 Å². The molecule has 126 valence electrons. The first kappa shape index (κ1) is 19.3. The van der Waals surface area contributed by atoms with Gasteiger partial charge in [-0.2, -0.15) is 11.8 Å². The van der Waals surface area contributed by atoms with Crippen LogP contribution in [-0.2, 0) is 14.2 Å². The van der Waals surface area contributed by atoms with E-state index >= 15 is 0 Å². The second-order valence-electron chi connectivity index (χ2n) is 5.75. The Morgan fingerprint density at radius 3 is 2.14 bits per heavy atom. The molecule has 1 saturated heterocycles. The Bertz CT molecular complexity index is 238. The number of ether oxygens (including phenoxy) is 3. The van der Waals surface area contributed by atoms with Gasteiger partial charge in [-0.05, 0) is 19.3 Å². The van der Waals surface area contributed by atoms with Gasteiger partial charge in [-0.15, -0.1) is 0 Å². The first-order valence-electron chi connectivity index (χ1n) is 8.75. The highest BCUT2D eigenvalue weighted by molar-refractivity contribution is 8.00. The van der Waals surface area contributed by atoms with Crippen molar-refractivity contribution in [1.29, 1.82) is 0 Å². The van der Waals surface area contributed by atoms with Gasteiger partial charge < -0.3 is 14.2 Å². The molecule has 0 aliphatic carbocycles. The van der Waals surface area contributed by atoms with E-state index in [0.717, 1.165) is 51.4 Å². The van der Waals surface area contributed by atoms with Crippen LogP contribution in [0.3, 0.4) is 0 Å². The zero-order valence-corrected chi connectivity index (χ0v) is 15.0. The molecular weight excluding hydrogens is 284 g/mol. The Balaban J connectivity index is 2.36. The summed E-state index contributed by atoms with van der Waals surface area (Å²) in [6, 6.07) is 0. The van der Waals surface area contributed by atoms with Crippen LogP contribution >= 0.6 is 11.8 Å². The molecule has 0 saturated carbocycles. The van der Waals surface area contributed by atoms with Gasteiger partial charge >= 0.3 is 0 Å². The van der Waals surface area contributed by atoms with E-state index < -0.39 is 0 Å². The third-order valence-electron chi connectivity index (χ3n) is 3.77. The van der Waals surface area contributed by atoms with Gasteiger partial charge in [0.15, 0.2) is 0 Å². The minimum Gasteiger partial charge on any atom is -0.380 e. The van der Waals surface area contributed by atoms with Gasteiger partial charge in [0.1, 0.15) is 0 Å². The lowest BCUT2D eigenvalue weighted by molar-refractivity contribution is -0.0656. The first-order valence-corrected chi connectivity index (χ1v) is 9.80. The van der Waals surface area contributed by atoms with Gasteiger partial charge in [0.2, 0.25) is 0 Å². The fourth-order valence-electron chi connectivity index (χ4n) is 2.34. The molecule has 0 amide bonds. The van der Waals surface area contributed by atoms with Crippen molar-refractivity contribution in [3.8, 4) is 0 Å². The zero-order chi connectivity index (χ0) is 15.3. The molecular formula is C17H34O3S. The summed E-state index contributed by atoms with van der Waals surface area (Å²) in [5.74, 6) is 1.04. The van der Waals surface area contributed by atoms with Gasteiger partial charge in [-0.3, -0.25) is 0 Å². The molecule has 1 heterocycles. The van der Waals surface area contributed by atoms with E-state index in [1.54, 1.807) is 0 Å². The summed E-state index contributed by atoms with van der Waals surface area (Å²) in [5, 5.41) is 0.435. The molecule has 0 spiro atoms. The summed E-state index contributed by atoms with van der Waals surface area (Å²) in [4.78, 5) is 0. The Morgan fingerprint density at radius 2 is 1.48 bits per heavy atom. The van der Waals surface area contributed by atoms with Crippen LogP contribution in [0, 0.1) is 0 Å². The van der Waals surface area contributed by atoms with E-state index in [0.29, 0.717) is 5.25 Å². The van der Waals surface area contributed by atoms with Crippen LogP contribution in [0.25, 0.3) is 0 Å². The fraction of sp³-hybridized carbons (Fsp3) is 1.00. The summed E-state index contributed by atoms with van der Waals surface area (Å²) < 4.78 is 18.0. The highest BCUT2D eigenvalue weighted by Gasteiger charge is 2.38. The predicted octanol–water partition coefficient (Wildman–Crippen LogP) is 4.29. The largest absolute Gasteiger partial charge is 0.380 e. The summed E-state index contributed by atoms with van der Waals surface area (Å²) in [6.45, 7) is 9.98. The second-order valence-corrected chi connectivity index (χ2v) is 7.02. The van der Waals surface area contributed by atoms with Crippen molar-refractivity contribution < 1.29 is 14.2 Å². The normalized spacial score (nSPS) is 25.6. The molecule has 4 heteroatoms. The molecule has 3 atom stereocenters. The SMILES string of the molecule is CCCCOC[C@H]1SC[C@@H](OCCCC)[C@H]1OCCCC. The van der Waals surface area contributed by atoms with Crippen molar-refractivity contribution in [2.45, 2.75) is 76.8 Å². The van der Waals surface area contributed by atoms with Crippen molar-refractivity contribution in [3.63, 3.8) is 0 Å². The minimum atomic E-state index is 0.208. The molecule has 3 nitrogen and oxygen atoms in total.